The van der Waals surface area contributed by atoms with Crippen LogP contribution in [-0.4, -0.2) is 86.8 Å². The molecule has 0 aromatic rings. The number of nitrogens with zero attached hydrogens (tertiary/aromatic N) is 2. The molecule has 0 aliphatic rings. The second-order valence-electron chi connectivity index (χ2n) is 13.1. The Kier molecular flexibility index (Phi) is 32.9. The van der Waals surface area contributed by atoms with Crippen molar-refractivity contribution in [2.45, 2.75) is 155 Å². The summed E-state index contributed by atoms with van der Waals surface area (Å²) < 4.78 is 0. The van der Waals surface area contributed by atoms with Crippen LogP contribution in [0.3, 0.4) is 0 Å². The van der Waals surface area contributed by atoms with E-state index in [1.165, 1.54) is 64.2 Å². The molecule has 0 spiro atoms. The fourth-order valence-electron chi connectivity index (χ4n) is 5.46. The van der Waals surface area contributed by atoms with E-state index in [4.69, 9.17) is 11.5 Å². The molecule has 49 heavy (non-hydrogen) atoms. The van der Waals surface area contributed by atoms with Crippen LogP contribution in [0.1, 0.15) is 155 Å². The summed E-state index contributed by atoms with van der Waals surface area (Å²) in [6.07, 6.45) is 20.7. The number of hydrogen-bond donors (Lipinski definition) is 6. The van der Waals surface area contributed by atoms with E-state index >= 15 is 0 Å². The van der Waals surface area contributed by atoms with Gasteiger partial charge < -0.3 is 37.6 Å². The van der Waals surface area contributed by atoms with Gasteiger partial charge in [0, 0.05) is 65.0 Å². The van der Waals surface area contributed by atoms with Gasteiger partial charge in [-0.15, -0.1) is 0 Å². The van der Waals surface area contributed by atoms with Gasteiger partial charge in [0.05, 0.1) is 0 Å². The first-order chi connectivity index (χ1) is 23.8. The molecule has 0 rings (SSSR count). The topological polar surface area (TPSA) is 184 Å². The molecule has 12 heteroatoms. The molecular formula is C37H74N8O4. The Morgan fingerprint density at radius 3 is 1.41 bits per heavy atom. The van der Waals surface area contributed by atoms with E-state index in [9.17, 15) is 19.2 Å². The number of rotatable bonds is 35. The number of unbranched alkanes of at least 4 members (excludes halogenated alkanes) is 12. The molecule has 0 heterocycles. The molecule has 12 nitrogen and oxygen atoms in total. The molecule has 0 aliphatic heterocycles. The molecule has 0 radical (unpaired) electrons. The third-order valence-electron chi connectivity index (χ3n) is 8.45. The molecule has 0 aromatic heterocycles. The summed E-state index contributed by atoms with van der Waals surface area (Å²) >= 11 is 0. The SMILES string of the molecule is CCCCCCCCCC(=O)NCCCN(CCCNC(=O)CCCCCCCCC)C(=O)CCC(=O)NCCCNCCCN=C(N)N. The summed E-state index contributed by atoms with van der Waals surface area (Å²) in [5, 5.41) is 12.2. The average molecular weight is 695 g/mol. The summed E-state index contributed by atoms with van der Waals surface area (Å²) in [7, 11) is 0. The van der Waals surface area contributed by atoms with Gasteiger partial charge in [-0.25, -0.2) is 0 Å². The molecule has 0 saturated heterocycles. The number of nitrogens with two attached hydrogens (primary N) is 2. The fraction of sp³-hybridized carbons (Fsp3) is 0.865. The number of hydrogen-bond acceptors (Lipinski definition) is 6. The van der Waals surface area contributed by atoms with Crippen LogP contribution in [0.15, 0.2) is 4.99 Å². The number of amides is 4. The van der Waals surface area contributed by atoms with Crippen molar-refractivity contribution in [3.63, 3.8) is 0 Å². The maximum Gasteiger partial charge on any atom is 0.223 e. The molecule has 286 valence electrons. The number of carbonyl (C=O) groups excluding carboxylic acids is 4. The van der Waals surface area contributed by atoms with Crippen molar-refractivity contribution in [3.05, 3.63) is 0 Å². The zero-order chi connectivity index (χ0) is 36.2. The predicted molar refractivity (Wildman–Crippen MR) is 202 cm³/mol. The standard InChI is InChI=1S/C37H74N8O4/c1-3-5-7-9-11-13-15-21-33(46)42-29-19-31-45(32-20-30-43-34(47)22-16-14-12-10-8-6-4-2)36(49)24-23-35(48)41-27-17-25-40-26-18-28-44-37(38)39/h40H,3-32H2,1-2H3,(H,41,48)(H,42,46)(H,43,47)(H4,38,39,44). The van der Waals surface area contributed by atoms with Gasteiger partial charge >= 0.3 is 0 Å². The van der Waals surface area contributed by atoms with Gasteiger partial charge in [0.15, 0.2) is 5.96 Å². The Bertz CT molecular complexity index is 829. The monoisotopic (exact) mass is 695 g/mol. The van der Waals surface area contributed by atoms with Gasteiger partial charge in [0.1, 0.15) is 0 Å². The highest BCUT2D eigenvalue weighted by Gasteiger charge is 2.15. The lowest BCUT2D eigenvalue weighted by molar-refractivity contribution is -0.133. The molecule has 8 N–H and O–H groups in total. The molecular weight excluding hydrogens is 620 g/mol. The largest absolute Gasteiger partial charge is 0.370 e. The Morgan fingerprint density at radius 1 is 0.490 bits per heavy atom. The zero-order valence-corrected chi connectivity index (χ0v) is 31.4. The third-order valence-corrected chi connectivity index (χ3v) is 8.45. The lowest BCUT2D eigenvalue weighted by atomic mass is 10.1. The molecule has 0 atom stereocenters. The van der Waals surface area contributed by atoms with Crippen LogP contribution in [0.4, 0.5) is 0 Å². The Morgan fingerprint density at radius 2 is 0.918 bits per heavy atom. The fourth-order valence-corrected chi connectivity index (χ4v) is 5.46. The Labute approximate surface area is 298 Å². The van der Waals surface area contributed by atoms with Crippen LogP contribution in [0.2, 0.25) is 0 Å². The van der Waals surface area contributed by atoms with Crippen LogP contribution in [0.5, 0.6) is 0 Å². The quantitative estimate of drug-likeness (QED) is 0.0317. The van der Waals surface area contributed by atoms with Crippen molar-refractivity contribution in [2.24, 2.45) is 16.5 Å². The van der Waals surface area contributed by atoms with Crippen molar-refractivity contribution in [1.82, 2.24) is 26.2 Å². The highest BCUT2D eigenvalue weighted by molar-refractivity contribution is 5.83. The number of guanidine groups is 1. The summed E-state index contributed by atoms with van der Waals surface area (Å²) in [6.45, 7) is 9.12. The van der Waals surface area contributed by atoms with E-state index in [1.54, 1.807) is 4.90 Å². The smallest absolute Gasteiger partial charge is 0.223 e. The Balaban J connectivity index is 4.45. The van der Waals surface area contributed by atoms with E-state index < -0.39 is 0 Å². The molecule has 0 aliphatic carbocycles. The predicted octanol–water partition coefficient (Wildman–Crippen LogP) is 4.65. The number of nitrogens with one attached hydrogen (secondary N) is 4. The minimum absolute atomic E-state index is 0.0629. The number of aliphatic imine (C=N–C) groups is 1. The van der Waals surface area contributed by atoms with Crippen molar-refractivity contribution in [1.29, 1.82) is 0 Å². The van der Waals surface area contributed by atoms with Gasteiger partial charge in [-0.2, -0.15) is 0 Å². The lowest BCUT2D eigenvalue weighted by Gasteiger charge is -2.23. The summed E-state index contributed by atoms with van der Waals surface area (Å²) in [5.74, 6) is -0.00135. The van der Waals surface area contributed by atoms with Crippen molar-refractivity contribution >= 4 is 29.6 Å². The summed E-state index contributed by atoms with van der Waals surface area (Å²) in [5.41, 5.74) is 10.6. The first-order valence-corrected chi connectivity index (χ1v) is 19.6. The number of carbonyl (C=O) groups is 4. The highest BCUT2D eigenvalue weighted by atomic mass is 16.2. The molecule has 0 fully saturated rings. The lowest BCUT2D eigenvalue weighted by Crippen LogP contribution is -2.37. The van der Waals surface area contributed by atoms with Crippen molar-refractivity contribution in [2.75, 3.05) is 52.4 Å². The van der Waals surface area contributed by atoms with Crippen molar-refractivity contribution in [3.8, 4) is 0 Å². The molecule has 0 unspecified atom stereocenters. The van der Waals surface area contributed by atoms with Crippen LogP contribution in [0, 0.1) is 0 Å². The van der Waals surface area contributed by atoms with Gasteiger partial charge in [-0.3, -0.25) is 24.2 Å². The molecule has 0 bridgehead atoms. The maximum absolute atomic E-state index is 13.1. The summed E-state index contributed by atoms with van der Waals surface area (Å²) in [4.78, 5) is 55.8. The molecule has 0 aromatic carbocycles. The normalized spacial score (nSPS) is 10.8. The van der Waals surface area contributed by atoms with Crippen LogP contribution in [-0.2, 0) is 19.2 Å². The second kappa shape index (κ2) is 35.0. The van der Waals surface area contributed by atoms with Gasteiger partial charge in [-0.05, 0) is 51.6 Å². The van der Waals surface area contributed by atoms with E-state index in [2.05, 4.69) is 40.1 Å². The summed E-state index contributed by atoms with van der Waals surface area (Å²) in [6, 6.07) is 0. The second-order valence-corrected chi connectivity index (χ2v) is 13.1. The van der Waals surface area contributed by atoms with Crippen LogP contribution < -0.4 is 32.7 Å². The van der Waals surface area contributed by atoms with Crippen LogP contribution >= 0.6 is 0 Å². The van der Waals surface area contributed by atoms with E-state index in [0.29, 0.717) is 65.0 Å². The molecule has 4 amide bonds. The van der Waals surface area contributed by atoms with E-state index in [-0.39, 0.29) is 42.4 Å². The average Bonchev–Trinajstić information content (AvgIpc) is 3.08. The first kappa shape index (κ1) is 46.1. The first-order valence-electron chi connectivity index (χ1n) is 19.6. The van der Waals surface area contributed by atoms with E-state index in [0.717, 1.165) is 51.6 Å². The van der Waals surface area contributed by atoms with E-state index in [1.807, 2.05) is 0 Å². The maximum atomic E-state index is 13.1. The minimum atomic E-state index is -0.142. The third kappa shape index (κ3) is 33.4. The highest BCUT2D eigenvalue weighted by Crippen LogP contribution is 2.09. The van der Waals surface area contributed by atoms with Gasteiger partial charge in [-0.1, -0.05) is 90.9 Å². The Hall–Kier alpha value is -2.89. The van der Waals surface area contributed by atoms with Gasteiger partial charge in [0.2, 0.25) is 23.6 Å². The zero-order valence-electron chi connectivity index (χ0n) is 31.4. The molecule has 0 saturated carbocycles. The minimum Gasteiger partial charge on any atom is -0.370 e. The van der Waals surface area contributed by atoms with Crippen molar-refractivity contribution < 1.29 is 19.2 Å². The van der Waals surface area contributed by atoms with Gasteiger partial charge in [0.25, 0.3) is 0 Å². The van der Waals surface area contributed by atoms with Crippen LogP contribution in [0.25, 0.3) is 0 Å².